The fraction of sp³-hybridized carbons (Fsp3) is 0.882. The minimum Gasteiger partial charge on any atom is -0.450 e. The molecule has 0 aromatic heterocycles. The van der Waals surface area contributed by atoms with Crippen LogP contribution >= 0.6 is 0 Å². The van der Waals surface area contributed by atoms with Crippen molar-refractivity contribution in [1.29, 1.82) is 0 Å². The van der Waals surface area contributed by atoms with Gasteiger partial charge in [-0.2, -0.15) is 0 Å². The summed E-state index contributed by atoms with van der Waals surface area (Å²) in [7, 11) is 0. The van der Waals surface area contributed by atoms with Gasteiger partial charge in [-0.25, -0.2) is 4.79 Å². The third-order valence-electron chi connectivity index (χ3n) is 4.45. The van der Waals surface area contributed by atoms with Crippen molar-refractivity contribution in [3.63, 3.8) is 0 Å². The Morgan fingerprint density at radius 2 is 2.08 bits per heavy atom. The van der Waals surface area contributed by atoms with Crippen molar-refractivity contribution < 1.29 is 14.3 Å². The van der Waals surface area contributed by atoms with E-state index in [-0.39, 0.29) is 6.09 Å². The minimum atomic E-state index is -0.201. The third-order valence-corrected chi connectivity index (χ3v) is 4.45. The Balaban J connectivity index is 1.73. The average molecular weight is 340 g/mol. The summed E-state index contributed by atoms with van der Waals surface area (Å²) >= 11 is 0. The SMILES string of the molecule is CCNC(=NCCC1CCCO1)NC1CCN(C(=O)OCC)CC1. The predicted molar refractivity (Wildman–Crippen MR) is 94.3 cm³/mol. The van der Waals surface area contributed by atoms with Crippen LogP contribution < -0.4 is 10.6 Å². The number of aliphatic imine (C=N–C) groups is 1. The summed E-state index contributed by atoms with van der Waals surface area (Å²) in [4.78, 5) is 18.2. The summed E-state index contributed by atoms with van der Waals surface area (Å²) in [5, 5.41) is 6.80. The monoisotopic (exact) mass is 340 g/mol. The molecule has 2 saturated heterocycles. The summed E-state index contributed by atoms with van der Waals surface area (Å²) in [5.74, 6) is 0.866. The van der Waals surface area contributed by atoms with Gasteiger partial charge in [0, 0.05) is 38.8 Å². The smallest absolute Gasteiger partial charge is 0.409 e. The van der Waals surface area contributed by atoms with Crippen LogP contribution in [0.4, 0.5) is 4.79 Å². The molecule has 24 heavy (non-hydrogen) atoms. The number of rotatable bonds is 6. The molecule has 2 rings (SSSR count). The Bertz CT molecular complexity index is 403. The van der Waals surface area contributed by atoms with Gasteiger partial charge in [0.1, 0.15) is 0 Å². The van der Waals surface area contributed by atoms with Gasteiger partial charge in [0.15, 0.2) is 5.96 Å². The molecule has 0 bridgehead atoms. The van der Waals surface area contributed by atoms with Gasteiger partial charge >= 0.3 is 6.09 Å². The first-order valence-electron chi connectivity index (χ1n) is 9.31. The van der Waals surface area contributed by atoms with Gasteiger partial charge in [0.05, 0.1) is 12.7 Å². The Hall–Kier alpha value is -1.50. The predicted octanol–water partition coefficient (Wildman–Crippen LogP) is 1.73. The normalized spacial score (nSPS) is 22.5. The number of amides is 1. The van der Waals surface area contributed by atoms with Gasteiger partial charge in [-0.15, -0.1) is 0 Å². The van der Waals surface area contributed by atoms with Crippen molar-refractivity contribution in [2.45, 2.75) is 58.1 Å². The molecular formula is C17H32N4O3. The zero-order valence-corrected chi connectivity index (χ0v) is 15.1. The van der Waals surface area contributed by atoms with E-state index in [2.05, 4.69) is 22.5 Å². The number of nitrogens with one attached hydrogen (secondary N) is 2. The van der Waals surface area contributed by atoms with Crippen molar-refractivity contribution in [2.24, 2.45) is 4.99 Å². The van der Waals surface area contributed by atoms with E-state index >= 15 is 0 Å². The number of carbonyl (C=O) groups excluding carboxylic acids is 1. The molecule has 2 heterocycles. The van der Waals surface area contributed by atoms with Crippen LogP contribution in [0.3, 0.4) is 0 Å². The van der Waals surface area contributed by atoms with Crippen LogP contribution in [-0.4, -0.2) is 68.5 Å². The summed E-state index contributed by atoms with van der Waals surface area (Å²) in [5.41, 5.74) is 0. The fourth-order valence-corrected chi connectivity index (χ4v) is 3.13. The maximum atomic E-state index is 11.7. The molecule has 0 radical (unpaired) electrons. The molecule has 0 aliphatic carbocycles. The third kappa shape index (κ3) is 6.19. The molecule has 0 aromatic rings. The highest BCUT2D eigenvalue weighted by Gasteiger charge is 2.24. The van der Waals surface area contributed by atoms with Crippen molar-refractivity contribution in [1.82, 2.24) is 15.5 Å². The minimum absolute atomic E-state index is 0.201. The second-order valence-electron chi connectivity index (χ2n) is 6.29. The summed E-state index contributed by atoms with van der Waals surface area (Å²) in [6.45, 7) is 8.31. The number of hydrogen-bond acceptors (Lipinski definition) is 4. The highest BCUT2D eigenvalue weighted by Crippen LogP contribution is 2.15. The number of hydrogen-bond donors (Lipinski definition) is 2. The lowest BCUT2D eigenvalue weighted by Gasteiger charge is -2.32. The van der Waals surface area contributed by atoms with Gasteiger partial charge in [-0.05, 0) is 46.0 Å². The lowest BCUT2D eigenvalue weighted by atomic mass is 10.1. The van der Waals surface area contributed by atoms with E-state index in [1.165, 1.54) is 6.42 Å². The molecule has 7 nitrogen and oxygen atoms in total. The lowest BCUT2D eigenvalue weighted by Crippen LogP contribution is -2.50. The molecular weight excluding hydrogens is 308 g/mol. The second-order valence-corrected chi connectivity index (χ2v) is 6.29. The molecule has 0 spiro atoms. The maximum absolute atomic E-state index is 11.7. The van der Waals surface area contributed by atoms with Crippen LogP contribution in [0.1, 0.15) is 46.0 Å². The zero-order chi connectivity index (χ0) is 17.2. The molecule has 2 fully saturated rings. The van der Waals surface area contributed by atoms with E-state index in [1.807, 2.05) is 6.92 Å². The van der Waals surface area contributed by atoms with E-state index in [4.69, 9.17) is 9.47 Å². The van der Waals surface area contributed by atoms with Gasteiger partial charge in [0.25, 0.3) is 0 Å². The van der Waals surface area contributed by atoms with Crippen LogP contribution in [0.2, 0.25) is 0 Å². The quantitative estimate of drug-likeness (QED) is 0.569. The zero-order valence-electron chi connectivity index (χ0n) is 15.1. The van der Waals surface area contributed by atoms with E-state index in [0.29, 0.717) is 18.8 Å². The molecule has 0 saturated carbocycles. The first-order chi connectivity index (χ1) is 11.7. The van der Waals surface area contributed by atoms with E-state index in [9.17, 15) is 4.79 Å². The average Bonchev–Trinajstić information content (AvgIpc) is 3.09. The molecule has 1 unspecified atom stereocenters. The van der Waals surface area contributed by atoms with Crippen molar-refractivity contribution in [3.8, 4) is 0 Å². The molecule has 138 valence electrons. The number of likely N-dealkylation sites (tertiary alicyclic amines) is 1. The Morgan fingerprint density at radius 3 is 2.71 bits per heavy atom. The van der Waals surface area contributed by atoms with E-state index < -0.39 is 0 Å². The maximum Gasteiger partial charge on any atom is 0.409 e. The van der Waals surface area contributed by atoms with Crippen LogP contribution in [0, 0.1) is 0 Å². The fourth-order valence-electron chi connectivity index (χ4n) is 3.13. The number of nitrogens with zero attached hydrogens (tertiary/aromatic N) is 2. The summed E-state index contributed by atoms with van der Waals surface area (Å²) in [6, 6.07) is 0.344. The largest absolute Gasteiger partial charge is 0.450 e. The molecule has 1 amide bonds. The number of ether oxygens (including phenoxy) is 2. The van der Waals surface area contributed by atoms with Crippen LogP contribution in [0.25, 0.3) is 0 Å². The van der Waals surface area contributed by atoms with Crippen molar-refractivity contribution in [3.05, 3.63) is 0 Å². The lowest BCUT2D eigenvalue weighted by molar-refractivity contribution is 0.0963. The Morgan fingerprint density at radius 1 is 1.29 bits per heavy atom. The van der Waals surface area contributed by atoms with Gasteiger partial charge in [-0.3, -0.25) is 4.99 Å². The number of guanidine groups is 1. The van der Waals surface area contributed by atoms with E-state index in [0.717, 1.165) is 64.4 Å². The first-order valence-corrected chi connectivity index (χ1v) is 9.31. The molecule has 2 N–H and O–H groups in total. The number of carbonyl (C=O) groups is 1. The van der Waals surface area contributed by atoms with Gasteiger partial charge in [-0.1, -0.05) is 0 Å². The Labute approximate surface area is 145 Å². The van der Waals surface area contributed by atoms with Gasteiger partial charge in [0.2, 0.25) is 0 Å². The molecule has 0 aromatic carbocycles. The summed E-state index contributed by atoms with van der Waals surface area (Å²) in [6.07, 6.45) is 5.32. The highest BCUT2D eigenvalue weighted by atomic mass is 16.6. The van der Waals surface area contributed by atoms with Crippen LogP contribution in [0.15, 0.2) is 4.99 Å². The molecule has 7 heteroatoms. The van der Waals surface area contributed by atoms with Crippen molar-refractivity contribution in [2.75, 3.05) is 39.4 Å². The Kier molecular flexibility index (Phi) is 8.15. The standard InChI is InChI=1S/C17H32N4O3/c1-3-18-16(19-10-7-15-6-5-13-24-15)20-14-8-11-21(12-9-14)17(22)23-4-2/h14-15H,3-13H2,1-2H3,(H2,18,19,20). The molecule has 2 aliphatic heterocycles. The van der Waals surface area contributed by atoms with Crippen LogP contribution in [0.5, 0.6) is 0 Å². The van der Waals surface area contributed by atoms with Crippen molar-refractivity contribution >= 4 is 12.1 Å². The molecule has 1 atom stereocenters. The highest BCUT2D eigenvalue weighted by molar-refractivity contribution is 5.80. The topological polar surface area (TPSA) is 75.2 Å². The molecule has 2 aliphatic rings. The second kappa shape index (κ2) is 10.4. The van der Waals surface area contributed by atoms with Crippen LogP contribution in [-0.2, 0) is 9.47 Å². The van der Waals surface area contributed by atoms with Gasteiger partial charge < -0.3 is 25.0 Å². The van der Waals surface area contributed by atoms with E-state index in [1.54, 1.807) is 4.90 Å². The first kappa shape index (κ1) is 18.8. The number of piperidine rings is 1. The summed E-state index contributed by atoms with van der Waals surface area (Å²) < 4.78 is 10.7.